The average Bonchev–Trinajstić information content (AvgIpc) is 3.20. The van der Waals surface area contributed by atoms with E-state index in [1.165, 1.54) is 5.56 Å². The van der Waals surface area contributed by atoms with Crippen molar-refractivity contribution in [1.29, 1.82) is 0 Å². The largest absolute Gasteiger partial charge is 0.486 e. The molecule has 0 aliphatic heterocycles. The number of fused-ring (bicyclic) bond motifs is 1. The highest BCUT2D eigenvalue weighted by Crippen LogP contribution is 2.17. The molecule has 0 aliphatic rings. The van der Waals surface area contributed by atoms with Crippen molar-refractivity contribution in [3.8, 4) is 5.75 Å². The van der Waals surface area contributed by atoms with Crippen LogP contribution in [-0.4, -0.2) is 19.8 Å². The van der Waals surface area contributed by atoms with E-state index >= 15 is 0 Å². The highest BCUT2D eigenvalue weighted by atomic mass is 32.1. The number of aromatic nitrogens is 4. The molecule has 2 aromatic heterocycles. The molecule has 5 nitrogen and oxygen atoms in total. The molecule has 0 unspecified atom stereocenters. The van der Waals surface area contributed by atoms with E-state index in [1.807, 2.05) is 36.4 Å². The molecule has 0 amide bonds. The molecule has 0 radical (unpaired) electrons. The molecule has 0 saturated heterocycles. The number of aryl methyl sites for hydroxylation is 2. The molecule has 0 atom stereocenters. The Kier molecular flexibility index (Phi) is 4.20. The fourth-order valence-electron chi connectivity index (χ4n) is 2.45. The van der Waals surface area contributed by atoms with Gasteiger partial charge in [-0.2, -0.15) is 9.61 Å². The summed E-state index contributed by atoms with van der Waals surface area (Å²) in [6.45, 7) is 0.354. The Bertz CT molecular complexity index is 918. The Morgan fingerprint density at radius 1 is 0.875 bits per heavy atom. The van der Waals surface area contributed by atoms with Crippen LogP contribution in [0.3, 0.4) is 0 Å². The van der Waals surface area contributed by atoms with Gasteiger partial charge in [-0.1, -0.05) is 59.9 Å². The lowest BCUT2D eigenvalue weighted by molar-refractivity contribution is 0.292. The molecular weight excluding hydrogens is 320 g/mol. The third kappa shape index (κ3) is 3.28. The Morgan fingerprint density at radius 2 is 1.62 bits per heavy atom. The van der Waals surface area contributed by atoms with Gasteiger partial charge < -0.3 is 4.74 Å². The van der Waals surface area contributed by atoms with E-state index in [-0.39, 0.29) is 0 Å². The van der Waals surface area contributed by atoms with Gasteiger partial charge in [-0.25, -0.2) is 0 Å². The highest BCUT2D eigenvalue weighted by Gasteiger charge is 2.12. The van der Waals surface area contributed by atoms with Crippen LogP contribution in [0.2, 0.25) is 0 Å². The standard InChI is InChI=1S/C18H16N4OS/c1-3-7-14(8-4-1)11-12-17-21-22-16(19-20-18(22)24-17)13-23-15-9-5-2-6-10-15/h1-10H,11-13H2. The number of hydrogen-bond acceptors (Lipinski definition) is 5. The molecule has 4 aromatic rings. The van der Waals surface area contributed by atoms with E-state index in [1.54, 1.807) is 15.9 Å². The lowest BCUT2D eigenvalue weighted by Crippen LogP contribution is -2.03. The van der Waals surface area contributed by atoms with Crippen LogP contribution in [0.4, 0.5) is 0 Å². The van der Waals surface area contributed by atoms with Crippen molar-refractivity contribution in [2.24, 2.45) is 0 Å². The molecule has 0 aliphatic carbocycles. The van der Waals surface area contributed by atoms with Gasteiger partial charge in [0.1, 0.15) is 17.4 Å². The summed E-state index contributed by atoms with van der Waals surface area (Å²) in [6, 6.07) is 20.1. The molecule has 0 saturated carbocycles. The van der Waals surface area contributed by atoms with Crippen molar-refractivity contribution < 1.29 is 4.74 Å². The quantitative estimate of drug-likeness (QED) is 0.540. The molecule has 24 heavy (non-hydrogen) atoms. The second-order valence-corrected chi connectivity index (χ2v) is 6.43. The van der Waals surface area contributed by atoms with E-state index in [4.69, 9.17) is 4.74 Å². The number of nitrogens with zero attached hydrogens (tertiary/aromatic N) is 4. The molecule has 0 bridgehead atoms. The lowest BCUT2D eigenvalue weighted by atomic mass is 10.1. The number of hydrogen-bond donors (Lipinski definition) is 0. The van der Waals surface area contributed by atoms with Gasteiger partial charge in [0.25, 0.3) is 0 Å². The molecule has 4 rings (SSSR count). The smallest absolute Gasteiger partial charge is 0.234 e. The Labute approximate surface area is 143 Å². The minimum atomic E-state index is 0.354. The van der Waals surface area contributed by atoms with Gasteiger partial charge >= 0.3 is 0 Å². The second-order valence-electron chi connectivity index (χ2n) is 5.39. The third-order valence-electron chi connectivity index (χ3n) is 3.68. The predicted molar refractivity (Wildman–Crippen MR) is 93.3 cm³/mol. The summed E-state index contributed by atoms with van der Waals surface area (Å²) >= 11 is 1.58. The van der Waals surface area contributed by atoms with Gasteiger partial charge in [0, 0.05) is 6.42 Å². The zero-order valence-electron chi connectivity index (χ0n) is 13.0. The fraction of sp³-hybridized carbons (Fsp3) is 0.167. The molecular formula is C18H16N4OS. The van der Waals surface area contributed by atoms with Gasteiger partial charge in [-0.15, -0.1) is 10.2 Å². The number of benzene rings is 2. The van der Waals surface area contributed by atoms with Crippen molar-refractivity contribution >= 4 is 16.3 Å². The summed E-state index contributed by atoms with van der Waals surface area (Å²) in [6.07, 6.45) is 1.87. The zero-order valence-corrected chi connectivity index (χ0v) is 13.8. The molecule has 0 spiro atoms. The predicted octanol–water partition coefficient (Wildman–Crippen LogP) is 3.55. The molecule has 0 fully saturated rings. The summed E-state index contributed by atoms with van der Waals surface area (Å²) in [5.41, 5.74) is 1.32. The van der Waals surface area contributed by atoms with Crippen LogP contribution in [0, 0.1) is 0 Å². The van der Waals surface area contributed by atoms with Gasteiger partial charge in [-0.3, -0.25) is 0 Å². The van der Waals surface area contributed by atoms with Crippen molar-refractivity contribution in [3.63, 3.8) is 0 Å². The van der Waals surface area contributed by atoms with Crippen LogP contribution < -0.4 is 4.74 Å². The Balaban J connectivity index is 1.45. The maximum Gasteiger partial charge on any atom is 0.234 e. The molecule has 2 heterocycles. The maximum absolute atomic E-state index is 5.74. The van der Waals surface area contributed by atoms with Crippen molar-refractivity contribution in [2.75, 3.05) is 0 Å². The van der Waals surface area contributed by atoms with Crippen molar-refractivity contribution in [2.45, 2.75) is 19.4 Å². The van der Waals surface area contributed by atoms with Crippen molar-refractivity contribution in [1.82, 2.24) is 19.8 Å². The van der Waals surface area contributed by atoms with Gasteiger partial charge in [0.2, 0.25) is 4.96 Å². The molecule has 2 aromatic carbocycles. The van der Waals surface area contributed by atoms with Gasteiger partial charge in [-0.05, 0) is 24.1 Å². The first-order chi connectivity index (χ1) is 11.9. The normalized spacial score (nSPS) is 11.0. The third-order valence-corrected chi connectivity index (χ3v) is 4.64. The number of ether oxygens (including phenoxy) is 1. The maximum atomic E-state index is 5.74. The Morgan fingerprint density at radius 3 is 2.42 bits per heavy atom. The average molecular weight is 336 g/mol. The highest BCUT2D eigenvalue weighted by molar-refractivity contribution is 7.16. The van der Waals surface area contributed by atoms with Gasteiger partial charge in [0.05, 0.1) is 0 Å². The number of rotatable bonds is 6. The van der Waals surface area contributed by atoms with E-state index < -0.39 is 0 Å². The van der Waals surface area contributed by atoms with E-state index in [9.17, 15) is 0 Å². The van der Waals surface area contributed by atoms with Crippen molar-refractivity contribution in [3.05, 3.63) is 77.1 Å². The van der Waals surface area contributed by atoms with Crippen LogP contribution >= 0.6 is 11.3 Å². The van der Waals surface area contributed by atoms with Crippen LogP contribution in [0.25, 0.3) is 4.96 Å². The zero-order chi connectivity index (χ0) is 16.2. The first kappa shape index (κ1) is 14.8. The minimum Gasteiger partial charge on any atom is -0.486 e. The van der Waals surface area contributed by atoms with Gasteiger partial charge in [0.15, 0.2) is 5.82 Å². The SMILES string of the molecule is c1ccc(CCc2nn3c(COc4ccccc4)nnc3s2)cc1. The minimum absolute atomic E-state index is 0.354. The second kappa shape index (κ2) is 6.80. The van der Waals surface area contributed by atoms with Crippen LogP contribution in [0.5, 0.6) is 5.75 Å². The summed E-state index contributed by atoms with van der Waals surface area (Å²) in [5.74, 6) is 1.53. The lowest BCUT2D eigenvalue weighted by Gasteiger charge is -2.02. The molecule has 120 valence electrons. The summed E-state index contributed by atoms with van der Waals surface area (Å²) in [7, 11) is 0. The van der Waals surface area contributed by atoms with E-state index in [2.05, 4.69) is 39.6 Å². The summed E-state index contributed by atoms with van der Waals surface area (Å²) in [5, 5.41) is 14.1. The van der Waals surface area contributed by atoms with E-state index in [0.29, 0.717) is 6.61 Å². The fourth-order valence-corrected chi connectivity index (χ4v) is 3.30. The monoisotopic (exact) mass is 336 g/mol. The first-order valence-corrected chi connectivity index (χ1v) is 8.62. The number of para-hydroxylation sites is 1. The Hall–Kier alpha value is -2.73. The van der Waals surface area contributed by atoms with Crippen LogP contribution in [-0.2, 0) is 19.4 Å². The van der Waals surface area contributed by atoms with Crippen LogP contribution in [0.1, 0.15) is 16.4 Å². The molecule has 6 heteroatoms. The van der Waals surface area contributed by atoms with Crippen LogP contribution in [0.15, 0.2) is 60.7 Å². The summed E-state index contributed by atoms with van der Waals surface area (Å²) < 4.78 is 7.52. The topological polar surface area (TPSA) is 52.3 Å². The molecule has 0 N–H and O–H groups in total. The summed E-state index contributed by atoms with van der Waals surface area (Å²) in [4.78, 5) is 0.810. The first-order valence-electron chi connectivity index (χ1n) is 7.80. The van der Waals surface area contributed by atoms with E-state index in [0.717, 1.165) is 34.4 Å².